The van der Waals surface area contributed by atoms with Gasteiger partial charge in [-0.2, -0.15) is 4.31 Å². The molecule has 1 fully saturated rings. The highest BCUT2D eigenvalue weighted by Gasteiger charge is 2.34. The Balaban J connectivity index is 1.72. The predicted octanol–water partition coefficient (Wildman–Crippen LogP) is 3.41. The molecule has 2 aromatic rings. The summed E-state index contributed by atoms with van der Waals surface area (Å²) in [5.74, 6) is 0.861. The number of methoxy groups -OCH3 is 4. The van der Waals surface area contributed by atoms with Gasteiger partial charge in [0.05, 0.1) is 39.1 Å². The molecule has 180 valence electrons. The molecule has 0 atom stereocenters. The van der Waals surface area contributed by atoms with Gasteiger partial charge in [-0.05, 0) is 25.0 Å². The molecule has 0 bridgehead atoms. The highest BCUT2D eigenvalue weighted by molar-refractivity contribution is 7.89. The van der Waals surface area contributed by atoms with Crippen molar-refractivity contribution in [3.8, 4) is 23.0 Å². The van der Waals surface area contributed by atoms with Crippen LogP contribution in [0.2, 0.25) is 5.02 Å². The Morgan fingerprint density at radius 2 is 1.58 bits per heavy atom. The number of piperidine rings is 1. The van der Waals surface area contributed by atoms with Gasteiger partial charge in [-0.25, -0.2) is 8.42 Å². The van der Waals surface area contributed by atoms with Gasteiger partial charge in [0, 0.05) is 37.2 Å². The Morgan fingerprint density at radius 3 is 2.15 bits per heavy atom. The fourth-order valence-electron chi connectivity index (χ4n) is 3.68. The number of nitrogens with zero attached hydrogens (tertiary/aromatic N) is 1. The lowest BCUT2D eigenvalue weighted by atomic mass is 9.97. The Labute approximate surface area is 198 Å². The van der Waals surface area contributed by atoms with E-state index in [4.69, 9.17) is 30.5 Å². The summed E-state index contributed by atoms with van der Waals surface area (Å²) in [4.78, 5) is 12.9. The van der Waals surface area contributed by atoms with Crippen LogP contribution in [0.3, 0.4) is 0 Å². The van der Waals surface area contributed by atoms with Gasteiger partial charge in [0.25, 0.3) is 0 Å². The molecule has 1 heterocycles. The number of hydrogen-bond acceptors (Lipinski definition) is 7. The van der Waals surface area contributed by atoms with Crippen LogP contribution in [0.25, 0.3) is 0 Å². The maximum atomic E-state index is 13.2. The van der Waals surface area contributed by atoms with E-state index in [-0.39, 0.29) is 35.6 Å². The second-order valence-corrected chi connectivity index (χ2v) is 9.68. The van der Waals surface area contributed by atoms with Gasteiger partial charge in [-0.1, -0.05) is 11.6 Å². The average molecular weight is 499 g/mol. The summed E-state index contributed by atoms with van der Waals surface area (Å²) in [6, 6.07) is 7.78. The van der Waals surface area contributed by atoms with Crippen LogP contribution in [0.5, 0.6) is 23.0 Å². The molecule has 0 saturated carbocycles. The summed E-state index contributed by atoms with van der Waals surface area (Å²) in [6.07, 6.45) is 0.731. The number of nitrogens with one attached hydrogen (secondary N) is 1. The quantitative estimate of drug-likeness (QED) is 0.594. The van der Waals surface area contributed by atoms with E-state index in [2.05, 4.69) is 5.32 Å². The maximum absolute atomic E-state index is 13.2. The molecule has 1 aliphatic rings. The third-order valence-electron chi connectivity index (χ3n) is 5.55. The van der Waals surface area contributed by atoms with Crippen molar-refractivity contribution in [1.82, 2.24) is 4.31 Å². The number of ether oxygens (including phenoxy) is 4. The molecule has 11 heteroatoms. The van der Waals surface area contributed by atoms with Gasteiger partial charge < -0.3 is 24.3 Å². The molecule has 9 nitrogen and oxygen atoms in total. The molecule has 2 aromatic carbocycles. The Bertz CT molecular complexity index is 1120. The normalized spacial score (nSPS) is 15.1. The van der Waals surface area contributed by atoms with E-state index in [0.29, 0.717) is 40.8 Å². The van der Waals surface area contributed by atoms with Crippen LogP contribution in [0.1, 0.15) is 12.8 Å². The van der Waals surface area contributed by atoms with Crippen LogP contribution in [-0.4, -0.2) is 60.2 Å². The van der Waals surface area contributed by atoms with E-state index in [9.17, 15) is 13.2 Å². The SMILES string of the molecule is COc1ccc(OC)c(S(=O)(=O)N2CCC(C(=O)Nc3cc(OC)c(Cl)cc3OC)CC2)c1. The first-order valence-corrected chi connectivity index (χ1v) is 12.0. The second-order valence-electron chi connectivity index (χ2n) is 7.37. The molecular weight excluding hydrogens is 472 g/mol. The summed E-state index contributed by atoms with van der Waals surface area (Å²) >= 11 is 6.12. The summed E-state index contributed by atoms with van der Waals surface area (Å²) < 4.78 is 48.7. The fourth-order valence-corrected chi connectivity index (χ4v) is 5.55. The summed E-state index contributed by atoms with van der Waals surface area (Å²) in [5.41, 5.74) is 0.430. The number of sulfonamides is 1. The standard InChI is InChI=1S/C22H27ClN2O7S/c1-29-15-5-6-18(30-2)21(11-15)33(27,28)25-9-7-14(8-10-25)22(26)24-17-13-19(31-3)16(23)12-20(17)32-4/h5-6,11-14H,7-10H2,1-4H3,(H,24,26). The van der Waals surface area contributed by atoms with Crippen LogP contribution in [0, 0.1) is 5.92 Å². The summed E-state index contributed by atoms with van der Waals surface area (Å²) in [7, 11) is 2.01. The first-order chi connectivity index (χ1) is 15.7. The fraction of sp³-hybridized carbons (Fsp3) is 0.409. The van der Waals surface area contributed by atoms with Crippen LogP contribution in [-0.2, 0) is 14.8 Å². The number of halogens is 1. The van der Waals surface area contributed by atoms with Crippen LogP contribution >= 0.6 is 11.6 Å². The van der Waals surface area contributed by atoms with E-state index in [1.165, 1.54) is 38.8 Å². The number of amides is 1. The minimum atomic E-state index is -3.82. The van der Waals surface area contributed by atoms with E-state index in [0.717, 1.165) is 0 Å². The lowest BCUT2D eigenvalue weighted by Crippen LogP contribution is -2.41. The van der Waals surface area contributed by atoms with Crippen LogP contribution < -0.4 is 24.3 Å². The monoisotopic (exact) mass is 498 g/mol. The maximum Gasteiger partial charge on any atom is 0.246 e. The lowest BCUT2D eigenvalue weighted by Gasteiger charge is -2.31. The van der Waals surface area contributed by atoms with Crippen molar-refractivity contribution in [1.29, 1.82) is 0 Å². The Morgan fingerprint density at radius 1 is 0.939 bits per heavy atom. The third kappa shape index (κ3) is 5.29. The third-order valence-corrected chi connectivity index (χ3v) is 7.76. The first kappa shape index (κ1) is 24.9. The van der Waals surface area contributed by atoms with Crippen molar-refractivity contribution < 1.29 is 32.2 Å². The smallest absolute Gasteiger partial charge is 0.246 e. The molecule has 0 unspecified atom stereocenters. The van der Waals surface area contributed by atoms with Gasteiger partial charge in [-0.3, -0.25) is 4.79 Å². The van der Waals surface area contributed by atoms with Crippen molar-refractivity contribution in [2.24, 2.45) is 5.92 Å². The van der Waals surface area contributed by atoms with Gasteiger partial charge in [0.2, 0.25) is 15.9 Å². The zero-order chi connectivity index (χ0) is 24.2. The topological polar surface area (TPSA) is 103 Å². The first-order valence-electron chi connectivity index (χ1n) is 10.2. The zero-order valence-corrected chi connectivity index (χ0v) is 20.5. The highest BCUT2D eigenvalue weighted by Crippen LogP contribution is 2.37. The molecular formula is C22H27ClN2O7S. The number of benzene rings is 2. The summed E-state index contributed by atoms with van der Waals surface area (Å²) in [5, 5.41) is 3.20. The van der Waals surface area contributed by atoms with Gasteiger partial charge >= 0.3 is 0 Å². The molecule has 1 N–H and O–H groups in total. The molecule has 1 saturated heterocycles. The molecule has 0 aliphatic carbocycles. The molecule has 0 radical (unpaired) electrons. The number of anilines is 1. The number of hydrogen-bond donors (Lipinski definition) is 1. The average Bonchev–Trinajstić information content (AvgIpc) is 2.84. The van der Waals surface area contributed by atoms with E-state index in [1.807, 2.05) is 0 Å². The number of carbonyl (C=O) groups excluding carboxylic acids is 1. The predicted molar refractivity (Wildman–Crippen MR) is 124 cm³/mol. The molecule has 0 spiro atoms. The molecule has 1 aliphatic heterocycles. The molecule has 0 aromatic heterocycles. The minimum Gasteiger partial charge on any atom is -0.497 e. The Hall–Kier alpha value is -2.69. The Kier molecular flexibility index (Phi) is 7.93. The lowest BCUT2D eigenvalue weighted by molar-refractivity contribution is -0.120. The minimum absolute atomic E-state index is 0.0326. The van der Waals surface area contributed by atoms with Gasteiger partial charge in [0.15, 0.2) is 0 Å². The summed E-state index contributed by atoms with van der Waals surface area (Å²) in [6.45, 7) is 0.393. The zero-order valence-electron chi connectivity index (χ0n) is 18.9. The van der Waals surface area contributed by atoms with Crippen molar-refractivity contribution in [2.45, 2.75) is 17.7 Å². The van der Waals surface area contributed by atoms with Crippen molar-refractivity contribution in [3.63, 3.8) is 0 Å². The molecule has 1 amide bonds. The van der Waals surface area contributed by atoms with E-state index in [1.54, 1.807) is 24.3 Å². The van der Waals surface area contributed by atoms with E-state index < -0.39 is 10.0 Å². The number of rotatable bonds is 8. The van der Waals surface area contributed by atoms with E-state index >= 15 is 0 Å². The highest BCUT2D eigenvalue weighted by atomic mass is 35.5. The van der Waals surface area contributed by atoms with Crippen molar-refractivity contribution in [3.05, 3.63) is 35.4 Å². The van der Waals surface area contributed by atoms with Crippen molar-refractivity contribution in [2.75, 3.05) is 46.8 Å². The van der Waals surface area contributed by atoms with Crippen LogP contribution in [0.15, 0.2) is 35.2 Å². The number of carbonyl (C=O) groups is 1. The molecule has 33 heavy (non-hydrogen) atoms. The van der Waals surface area contributed by atoms with Gasteiger partial charge in [0.1, 0.15) is 27.9 Å². The second kappa shape index (κ2) is 10.5. The molecule has 3 rings (SSSR count). The van der Waals surface area contributed by atoms with Crippen LogP contribution in [0.4, 0.5) is 5.69 Å². The largest absolute Gasteiger partial charge is 0.497 e. The van der Waals surface area contributed by atoms with Crippen molar-refractivity contribution >= 4 is 33.2 Å². The van der Waals surface area contributed by atoms with Gasteiger partial charge in [-0.15, -0.1) is 0 Å².